The number of ether oxygens (including phenoxy) is 2. The lowest BCUT2D eigenvalue weighted by molar-refractivity contribution is -0.151. The summed E-state index contributed by atoms with van der Waals surface area (Å²) < 4.78 is 13.0. The fourth-order valence-electron chi connectivity index (χ4n) is 3.97. The number of nitrogen functional groups attached to an aromatic ring is 1. The van der Waals surface area contributed by atoms with Crippen molar-refractivity contribution in [2.45, 2.75) is 45.6 Å². The topological polar surface area (TPSA) is 79.4 Å². The highest BCUT2D eigenvalue weighted by atomic mass is 16.6. The molecule has 1 unspecified atom stereocenters. The lowest BCUT2D eigenvalue weighted by Gasteiger charge is -2.18. The Hall–Kier alpha value is -3.80. The third-order valence-corrected chi connectivity index (χ3v) is 5.77. The third kappa shape index (κ3) is 5.39. The first-order chi connectivity index (χ1) is 16.6. The first-order valence-corrected chi connectivity index (χ1v) is 11.8. The van der Waals surface area contributed by atoms with Gasteiger partial charge in [-0.05, 0) is 55.2 Å². The molecule has 176 valence electrons. The van der Waals surface area contributed by atoms with Gasteiger partial charge in [0.2, 0.25) is 6.10 Å². The number of fused-ring (bicyclic) bond motifs is 1. The molecule has 0 radical (unpaired) electrons. The monoisotopic (exact) mass is 457 g/mol. The average molecular weight is 458 g/mol. The Morgan fingerprint density at radius 2 is 1.74 bits per heavy atom. The van der Waals surface area contributed by atoms with Crippen molar-refractivity contribution in [3.05, 3.63) is 95.3 Å². The van der Waals surface area contributed by atoms with Crippen LogP contribution in [0.5, 0.6) is 5.75 Å². The van der Waals surface area contributed by atoms with Gasteiger partial charge >= 0.3 is 5.97 Å². The summed E-state index contributed by atoms with van der Waals surface area (Å²) in [5.41, 5.74) is 4.92. The number of esters is 1. The van der Waals surface area contributed by atoms with E-state index in [1.807, 2.05) is 60.7 Å². The van der Waals surface area contributed by atoms with Crippen molar-refractivity contribution in [3.8, 4) is 5.75 Å². The van der Waals surface area contributed by atoms with Gasteiger partial charge in [-0.1, -0.05) is 61.9 Å². The van der Waals surface area contributed by atoms with Crippen LogP contribution in [0.25, 0.3) is 11.0 Å². The van der Waals surface area contributed by atoms with Gasteiger partial charge in [-0.25, -0.2) is 14.5 Å². The molecule has 1 aromatic heterocycles. The number of aryl methyl sites for hydroxylation is 1. The van der Waals surface area contributed by atoms with E-state index in [4.69, 9.17) is 15.3 Å². The fraction of sp³-hybridized carbons (Fsp3) is 0.286. The summed E-state index contributed by atoms with van der Waals surface area (Å²) in [5, 5.41) is 0. The molecule has 4 rings (SSSR count). The van der Waals surface area contributed by atoms with Gasteiger partial charge in [0, 0.05) is 12.0 Å². The highest BCUT2D eigenvalue weighted by Gasteiger charge is 2.24. The van der Waals surface area contributed by atoms with Crippen LogP contribution in [0.4, 0.5) is 0 Å². The molecule has 0 aliphatic carbocycles. The molecule has 1 heterocycles. The van der Waals surface area contributed by atoms with Gasteiger partial charge in [0.1, 0.15) is 11.6 Å². The minimum atomic E-state index is -0.804. The Morgan fingerprint density at radius 3 is 2.44 bits per heavy atom. The molecule has 0 aliphatic rings. The van der Waals surface area contributed by atoms with Gasteiger partial charge < -0.3 is 15.3 Å². The predicted octanol–water partition coefficient (Wildman–Crippen LogP) is 5.37. The minimum Gasteiger partial charge on any atom is -0.474 e. The van der Waals surface area contributed by atoms with Crippen LogP contribution in [0.15, 0.2) is 72.8 Å². The zero-order valence-electron chi connectivity index (χ0n) is 19.7. The molecule has 6 heteroatoms. The zero-order valence-corrected chi connectivity index (χ0v) is 19.7. The van der Waals surface area contributed by atoms with Crippen LogP contribution in [0.1, 0.15) is 55.3 Å². The van der Waals surface area contributed by atoms with Crippen molar-refractivity contribution in [1.82, 2.24) is 9.66 Å². The number of nitrogens with zero attached hydrogens (tertiary/aromatic N) is 2. The largest absolute Gasteiger partial charge is 0.474 e. The summed E-state index contributed by atoms with van der Waals surface area (Å²) in [4.78, 5) is 17.2. The molecule has 6 nitrogen and oxygen atoms in total. The number of benzene rings is 3. The quantitative estimate of drug-likeness (QED) is 0.256. The van der Waals surface area contributed by atoms with Crippen molar-refractivity contribution >= 4 is 17.0 Å². The van der Waals surface area contributed by atoms with Gasteiger partial charge in [-0.15, -0.1) is 0 Å². The Morgan fingerprint density at radius 1 is 1.00 bits per heavy atom. The molecule has 0 saturated heterocycles. The lowest BCUT2D eigenvalue weighted by Crippen LogP contribution is -2.21. The van der Waals surface area contributed by atoms with E-state index >= 15 is 0 Å². The van der Waals surface area contributed by atoms with Crippen molar-refractivity contribution in [1.29, 1.82) is 0 Å². The normalized spacial score (nSPS) is 11.9. The second kappa shape index (κ2) is 10.9. The minimum absolute atomic E-state index is 0.302. The summed E-state index contributed by atoms with van der Waals surface area (Å²) in [5.74, 6) is 7.44. The Labute approximate surface area is 200 Å². The Kier molecular flexibility index (Phi) is 7.48. The highest BCUT2D eigenvalue weighted by molar-refractivity contribution is 5.77. The highest BCUT2D eigenvalue weighted by Crippen LogP contribution is 2.25. The molecule has 0 spiro atoms. The maximum absolute atomic E-state index is 12.5. The number of nitrogens with two attached hydrogens (primary N) is 1. The van der Waals surface area contributed by atoms with Crippen LogP contribution < -0.4 is 10.6 Å². The van der Waals surface area contributed by atoms with Crippen LogP contribution in [0.3, 0.4) is 0 Å². The van der Waals surface area contributed by atoms with E-state index in [-0.39, 0.29) is 0 Å². The van der Waals surface area contributed by atoms with Crippen molar-refractivity contribution in [2.24, 2.45) is 0 Å². The van der Waals surface area contributed by atoms with Gasteiger partial charge in [0.05, 0.1) is 17.6 Å². The average Bonchev–Trinajstić information content (AvgIpc) is 3.17. The van der Waals surface area contributed by atoms with Crippen molar-refractivity contribution < 1.29 is 14.3 Å². The van der Waals surface area contributed by atoms with Gasteiger partial charge in [-0.3, -0.25) is 0 Å². The first kappa shape index (κ1) is 23.4. The van der Waals surface area contributed by atoms with E-state index in [0.29, 0.717) is 12.4 Å². The summed E-state index contributed by atoms with van der Waals surface area (Å²) in [6.07, 6.45) is 3.02. The standard InChI is InChI=1S/C28H31N3O3/c1-3-5-11-26-30-24-17-14-21(19-25(24)31(26)29)18-20-12-15-23(16-13-20)34-27(28(32)33-4-2)22-9-7-6-8-10-22/h6-10,12-17,19,27H,3-5,11,18,29H2,1-2H3. The molecule has 3 aromatic carbocycles. The van der Waals surface area contributed by atoms with E-state index in [0.717, 1.165) is 59.2 Å². The van der Waals surface area contributed by atoms with Crippen LogP contribution in [0.2, 0.25) is 0 Å². The number of rotatable bonds is 10. The first-order valence-electron chi connectivity index (χ1n) is 11.8. The van der Waals surface area contributed by atoms with Crippen LogP contribution in [-0.2, 0) is 22.4 Å². The SMILES string of the molecule is CCCCc1nc2ccc(Cc3ccc(OC(C(=O)OCC)c4ccccc4)cc3)cc2n1N. The fourth-order valence-corrected chi connectivity index (χ4v) is 3.97. The van der Waals surface area contributed by atoms with Crippen LogP contribution in [0, 0.1) is 0 Å². The maximum atomic E-state index is 12.5. The second-order valence-corrected chi connectivity index (χ2v) is 8.31. The summed E-state index contributed by atoms with van der Waals surface area (Å²) >= 11 is 0. The van der Waals surface area contributed by atoms with E-state index in [9.17, 15) is 4.79 Å². The molecule has 2 N–H and O–H groups in total. The Bertz CT molecular complexity index is 1230. The van der Waals surface area contributed by atoms with Crippen molar-refractivity contribution in [3.63, 3.8) is 0 Å². The summed E-state index contributed by atoms with van der Waals surface area (Å²) in [7, 11) is 0. The molecular weight excluding hydrogens is 426 g/mol. The molecule has 0 bridgehead atoms. The predicted molar refractivity (Wildman–Crippen MR) is 134 cm³/mol. The third-order valence-electron chi connectivity index (χ3n) is 5.77. The molecule has 0 amide bonds. The molecule has 34 heavy (non-hydrogen) atoms. The number of carbonyl (C=O) groups is 1. The second-order valence-electron chi connectivity index (χ2n) is 8.31. The number of imidazole rings is 1. The molecule has 1 atom stereocenters. The van der Waals surface area contributed by atoms with Crippen LogP contribution >= 0.6 is 0 Å². The van der Waals surface area contributed by atoms with E-state index in [1.165, 1.54) is 0 Å². The van der Waals surface area contributed by atoms with Gasteiger partial charge in [0.25, 0.3) is 0 Å². The van der Waals surface area contributed by atoms with E-state index in [1.54, 1.807) is 11.6 Å². The van der Waals surface area contributed by atoms with Gasteiger partial charge in [0.15, 0.2) is 0 Å². The zero-order chi connectivity index (χ0) is 23.9. The number of carbonyl (C=O) groups excluding carboxylic acids is 1. The summed E-state index contributed by atoms with van der Waals surface area (Å²) in [6, 6.07) is 23.4. The molecular formula is C28H31N3O3. The summed E-state index contributed by atoms with van der Waals surface area (Å²) in [6.45, 7) is 4.25. The molecule has 0 saturated carbocycles. The number of aromatic nitrogens is 2. The van der Waals surface area contributed by atoms with E-state index < -0.39 is 12.1 Å². The lowest BCUT2D eigenvalue weighted by atomic mass is 10.0. The number of hydrogen-bond donors (Lipinski definition) is 1. The van der Waals surface area contributed by atoms with Crippen molar-refractivity contribution in [2.75, 3.05) is 12.4 Å². The number of unbranched alkanes of at least 4 members (excludes halogenated alkanes) is 1. The maximum Gasteiger partial charge on any atom is 0.352 e. The van der Waals surface area contributed by atoms with Crippen LogP contribution in [-0.4, -0.2) is 22.2 Å². The molecule has 4 aromatic rings. The Balaban J connectivity index is 1.48. The molecule has 0 aliphatic heterocycles. The smallest absolute Gasteiger partial charge is 0.352 e. The number of hydrogen-bond acceptors (Lipinski definition) is 5. The van der Waals surface area contributed by atoms with Gasteiger partial charge in [-0.2, -0.15) is 0 Å². The molecule has 0 fully saturated rings. The van der Waals surface area contributed by atoms with E-state index in [2.05, 4.69) is 24.0 Å².